The Morgan fingerprint density at radius 2 is 1.68 bits per heavy atom. The lowest BCUT2D eigenvalue weighted by Gasteiger charge is -2.36. The smallest absolute Gasteiger partial charge is 0.224 e. The second kappa shape index (κ2) is 9.11. The van der Waals surface area contributed by atoms with Crippen LogP contribution in [0, 0.1) is 0 Å². The molecular formula is C23H29N3O2. The van der Waals surface area contributed by atoms with Gasteiger partial charge < -0.3 is 15.0 Å². The third kappa shape index (κ3) is 5.26. The molecule has 4 rings (SSSR count). The third-order valence-electron chi connectivity index (χ3n) is 5.45. The van der Waals surface area contributed by atoms with Crippen molar-refractivity contribution in [3.05, 3.63) is 54.6 Å². The maximum atomic E-state index is 12.1. The fourth-order valence-electron chi connectivity index (χ4n) is 3.70. The van der Waals surface area contributed by atoms with Crippen LogP contribution in [0.25, 0.3) is 0 Å². The van der Waals surface area contributed by atoms with E-state index < -0.39 is 0 Å². The molecule has 28 heavy (non-hydrogen) atoms. The van der Waals surface area contributed by atoms with Crippen LogP contribution >= 0.6 is 0 Å². The van der Waals surface area contributed by atoms with Crippen LogP contribution in [0.5, 0.6) is 5.75 Å². The Morgan fingerprint density at radius 3 is 2.36 bits per heavy atom. The fourth-order valence-corrected chi connectivity index (χ4v) is 3.70. The number of nitrogens with zero attached hydrogens (tertiary/aromatic N) is 2. The largest absolute Gasteiger partial charge is 0.494 e. The van der Waals surface area contributed by atoms with Gasteiger partial charge in [-0.15, -0.1) is 0 Å². The Hall–Kier alpha value is -2.53. The summed E-state index contributed by atoms with van der Waals surface area (Å²) in [6.45, 7) is 5.04. The van der Waals surface area contributed by atoms with Gasteiger partial charge in [-0.1, -0.05) is 18.2 Å². The Kier molecular flexibility index (Phi) is 6.12. The van der Waals surface area contributed by atoms with Crippen molar-refractivity contribution in [2.24, 2.45) is 0 Å². The molecule has 1 N–H and O–H groups in total. The molecule has 1 aliphatic heterocycles. The number of para-hydroxylation sites is 1. The highest BCUT2D eigenvalue weighted by Gasteiger charge is 2.31. The van der Waals surface area contributed by atoms with E-state index in [0.717, 1.165) is 43.7 Å². The van der Waals surface area contributed by atoms with Crippen LogP contribution in [0.3, 0.4) is 0 Å². The van der Waals surface area contributed by atoms with E-state index in [4.69, 9.17) is 4.74 Å². The van der Waals surface area contributed by atoms with E-state index in [0.29, 0.717) is 19.4 Å². The first-order valence-corrected chi connectivity index (χ1v) is 10.3. The maximum Gasteiger partial charge on any atom is 0.224 e. The van der Waals surface area contributed by atoms with Gasteiger partial charge >= 0.3 is 0 Å². The molecule has 2 aliphatic rings. The van der Waals surface area contributed by atoms with Gasteiger partial charge in [-0.2, -0.15) is 0 Å². The van der Waals surface area contributed by atoms with E-state index in [-0.39, 0.29) is 5.91 Å². The van der Waals surface area contributed by atoms with Crippen LogP contribution < -0.4 is 15.0 Å². The van der Waals surface area contributed by atoms with Crippen molar-refractivity contribution in [1.82, 2.24) is 4.90 Å². The molecular weight excluding hydrogens is 350 g/mol. The number of hydrogen-bond acceptors (Lipinski definition) is 4. The first kappa shape index (κ1) is 18.8. The maximum absolute atomic E-state index is 12.1. The molecule has 1 saturated heterocycles. The molecule has 0 radical (unpaired) electrons. The molecule has 2 fully saturated rings. The predicted octanol–water partition coefficient (Wildman–Crippen LogP) is 3.77. The van der Waals surface area contributed by atoms with E-state index in [1.807, 2.05) is 42.5 Å². The summed E-state index contributed by atoms with van der Waals surface area (Å²) in [7, 11) is 0. The number of benzene rings is 2. The molecule has 1 heterocycles. The number of anilines is 2. The summed E-state index contributed by atoms with van der Waals surface area (Å²) in [5.74, 6) is 0.874. The van der Waals surface area contributed by atoms with E-state index in [9.17, 15) is 4.79 Å². The minimum Gasteiger partial charge on any atom is -0.494 e. The van der Waals surface area contributed by atoms with Gasteiger partial charge in [0.1, 0.15) is 5.75 Å². The number of ether oxygens (including phenoxy) is 1. The van der Waals surface area contributed by atoms with E-state index in [2.05, 4.69) is 27.2 Å². The van der Waals surface area contributed by atoms with E-state index >= 15 is 0 Å². The number of carbonyl (C=O) groups is 1. The van der Waals surface area contributed by atoms with Crippen LogP contribution in [0.1, 0.15) is 25.7 Å². The second-order valence-electron chi connectivity index (χ2n) is 7.61. The summed E-state index contributed by atoms with van der Waals surface area (Å²) < 4.78 is 5.63. The fraction of sp³-hybridized carbons (Fsp3) is 0.435. The zero-order valence-electron chi connectivity index (χ0n) is 16.3. The first-order chi connectivity index (χ1) is 13.8. The van der Waals surface area contributed by atoms with E-state index in [1.54, 1.807) is 0 Å². The molecule has 0 bridgehead atoms. The number of amides is 1. The van der Waals surface area contributed by atoms with Crippen molar-refractivity contribution in [3.63, 3.8) is 0 Å². The summed E-state index contributed by atoms with van der Waals surface area (Å²) in [6.07, 6.45) is 3.92. The standard InChI is InChI=1S/C23H29N3O2/c27-23(7-4-18-28-22-5-2-1-3-6-22)24-19-8-10-20(11-9-19)25-14-16-26(17-15-25)21-12-13-21/h1-3,5-6,8-11,21H,4,7,12-18H2,(H,24,27). The molecule has 0 spiro atoms. The molecule has 5 heteroatoms. The minimum atomic E-state index is 0.0301. The van der Waals surface area contributed by atoms with Crippen LogP contribution in [-0.4, -0.2) is 49.6 Å². The zero-order valence-corrected chi connectivity index (χ0v) is 16.3. The topological polar surface area (TPSA) is 44.8 Å². The quantitative estimate of drug-likeness (QED) is 0.709. The van der Waals surface area contributed by atoms with Gasteiger partial charge in [-0.3, -0.25) is 9.69 Å². The van der Waals surface area contributed by atoms with Crippen molar-refractivity contribution in [1.29, 1.82) is 0 Å². The minimum absolute atomic E-state index is 0.0301. The van der Waals surface area contributed by atoms with Crippen molar-refractivity contribution in [2.75, 3.05) is 43.0 Å². The van der Waals surface area contributed by atoms with Crippen LogP contribution in [0.2, 0.25) is 0 Å². The summed E-state index contributed by atoms with van der Waals surface area (Å²) in [4.78, 5) is 17.2. The third-order valence-corrected chi connectivity index (χ3v) is 5.45. The molecule has 1 aliphatic carbocycles. The Balaban J connectivity index is 1.17. The van der Waals surface area contributed by atoms with Gasteiger partial charge in [0.05, 0.1) is 6.61 Å². The monoisotopic (exact) mass is 379 g/mol. The van der Waals surface area contributed by atoms with Crippen LogP contribution in [0.4, 0.5) is 11.4 Å². The SMILES string of the molecule is O=C(CCCOc1ccccc1)Nc1ccc(N2CCN(C3CC3)CC2)cc1. The molecule has 148 valence electrons. The molecule has 0 atom stereocenters. The number of carbonyl (C=O) groups excluding carboxylic acids is 1. The van der Waals surface area contributed by atoms with Gasteiger partial charge in [-0.25, -0.2) is 0 Å². The number of rotatable bonds is 8. The van der Waals surface area contributed by atoms with E-state index in [1.165, 1.54) is 18.5 Å². The Morgan fingerprint density at radius 1 is 0.964 bits per heavy atom. The Labute approximate surface area is 167 Å². The second-order valence-corrected chi connectivity index (χ2v) is 7.61. The lowest BCUT2D eigenvalue weighted by atomic mass is 10.2. The highest BCUT2D eigenvalue weighted by molar-refractivity contribution is 5.90. The highest BCUT2D eigenvalue weighted by Crippen LogP contribution is 2.28. The van der Waals surface area contributed by atoms with Crippen molar-refractivity contribution >= 4 is 17.3 Å². The summed E-state index contributed by atoms with van der Waals surface area (Å²) in [5, 5.41) is 2.98. The number of piperazine rings is 1. The predicted molar refractivity (Wildman–Crippen MR) is 113 cm³/mol. The summed E-state index contributed by atoms with van der Waals surface area (Å²) >= 11 is 0. The lowest BCUT2D eigenvalue weighted by Crippen LogP contribution is -2.47. The molecule has 2 aromatic rings. The molecule has 0 unspecified atom stereocenters. The van der Waals surface area contributed by atoms with Gasteiger partial charge in [0.15, 0.2) is 0 Å². The number of hydrogen-bond donors (Lipinski definition) is 1. The lowest BCUT2D eigenvalue weighted by molar-refractivity contribution is -0.116. The normalized spacial score (nSPS) is 17.4. The molecule has 5 nitrogen and oxygen atoms in total. The van der Waals surface area contributed by atoms with Crippen LogP contribution in [-0.2, 0) is 4.79 Å². The zero-order chi connectivity index (χ0) is 19.2. The van der Waals surface area contributed by atoms with Gasteiger partial charge in [0, 0.05) is 50.0 Å². The Bertz CT molecular complexity index is 751. The molecule has 0 aromatic heterocycles. The van der Waals surface area contributed by atoms with Gasteiger partial charge in [-0.05, 0) is 55.7 Å². The molecule has 1 saturated carbocycles. The average Bonchev–Trinajstić information content (AvgIpc) is 3.58. The number of nitrogens with one attached hydrogen (secondary N) is 1. The summed E-state index contributed by atoms with van der Waals surface area (Å²) in [6, 6.07) is 18.8. The first-order valence-electron chi connectivity index (χ1n) is 10.3. The highest BCUT2D eigenvalue weighted by atomic mass is 16.5. The average molecular weight is 380 g/mol. The van der Waals surface area contributed by atoms with Crippen molar-refractivity contribution < 1.29 is 9.53 Å². The van der Waals surface area contributed by atoms with Crippen LogP contribution in [0.15, 0.2) is 54.6 Å². The molecule has 1 amide bonds. The van der Waals surface area contributed by atoms with Crippen molar-refractivity contribution in [3.8, 4) is 5.75 Å². The van der Waals surface area contributed by atoms with Gasteiger partial charge in [0.2, 0.25) is 5.91 Å². The summed E-state index contributed by atoms with van der Waals surface area (Å²) in [5.41, 5.74) is 2.10. The molecule has 2 aromatic carbocycles. The van der Waals surface area contributed by atoms with Gasteiger partial charge in [0.25, 0.3) is 0 Å². The van der Waals surface area contributed by atoms with Crippen molar-refractivity contribution in [2.45, 2.75) is 31.7 Å².